The van der Waals surface area contributed by atoms with Gasteiger partial charge in [0.1, 0.15) is 0 Å². The summed E-state index contributed by atoms with van der Waals surface area (Å²) in [5.74, 6) is -2.20. The van der Waals surface area contributed by atoms with Gasteiger partial charge in [-0.1, -0.05) is 20.3 Å². The summed E-state index contributed by atoms with van der Waals surface area (Å²) in [6.45, 7) is 3.04. The van der Waals surface area contributed by atoms with Crippen molar-refractivity contribution in [1.82, 2.24) is 0 Å². The van der Waals surface area contributed by atoms with Gasteiger partial charge in [0.25, 0.3) is 10.1 Å². The lowest BCUT2D eigenvalue weighted by atomic mass is 9.99. The molecule has 8 heteroatoms. The lowest BCUT2D eigenvalue weighted by Gasteiger charge is -2.25. The van der Waals surface area contributed by atoms with Gasteiger partial charge in [0.2, 0.25) is 0 Å². The minimum atomic E-state index is -4.64. The van der Waals surface area contributed by atoms with Gasteiger partial charge in [-0.3, -0.25) is 4.55 Å². The summed E-state index contributed by atoms with van der Waals surface area (Å²) in [5.41, 5.74) is 0. The van der Waals surface area contributed by atoms with Gasteiger partial charge in [-0.2, -0.15) is 21.6 Å². The van der Waals surface area contributed by atoms with E-state index in [1.54, 1.807) is 6.92 Å². The first-order valence-corrected chi connectivity index (χ1v) is 6.32. The van der Waals surface area contributed by atoms with Crippen molar-refractivity contribution in [3.63, 3.8) is 0 Å². The Morgan fingerprint density at radius 3 is 2.19 bits per heavy atom. The second kappa shape index (κ2) is 5.83. The SMILES string of the molecule is CCCC(C)C(OCS(=O)(=O)O)C(F)(F)F. The Bertz CT molecular complexity index is 299. The minimum Gasteiger partial charge on any atom is -0.350 e. The van der Waals surface area contributed by atoms with Gasteiger partial charge in [0.05, 0.1) is 0 Å². The molecule has 4 nitrogen and oxygen atoms in total. The molecule has 2 unspecified atom stereocenters. The molecule has 98 valence electrons. The van der Waals surface area contributed by atoms with E-state index in [0.717, 1.165) is 0 Å². The zero-order valence-electron chi connectivity index (χ0n) is 8.99. The molecule has 16 heavy (non-hydrogen) atoms. The highest BCUT2D eigenvalue weighted by Gasteiger charge is 2.44. The molecule has 0 saturated carbocycles. The summed E-state index contributed by atoms with van der Waals surface area (Å²) in [6, 6.07) is 0. The van der Waals surface area contributed by atoms with Gasteiger partial charge in [0, 0.05) is 0 Å². The number of rotatable bonds is 6. The molecule has 0 aliphatic heterocycles. The van der Waals surface area contributed by atoms with E-state index in [2.05, 4.69) is 4.74 Å². The van der Waals surface area contributed by atoms with Crippen LogP contribution in [0.4, 0.5) is 13.2 Å². The van der Waals surface area contributed by atoms with Crippen molar-refractivity contribution in [2.75, 3.05) is 5.94 Å². The summed E-state index contributed by atoms with van der Waals surface area (Å²) in [4.78, 5) is 0. The fourth-order valence-electron chi connectivity index (χ4n) is 1.35. The quantitative estimate of drug-likeness (QED) is 0.747. The fraction of sp³-hybridized carbons (Fsp3) is 1.00. The molecule has 0 spiro atoms. The molecule has 0 fully saturated rings. The van der Waals surface area contributed by atoms with Crippen LogP contribution in [0, 0.1) is 5.92 Å². The molecule has 1 N–H and O–H groups in total. The van der Waals surface area contributed by atoms with Crippen LogP contribution in [0.5, 0.6) is 0 Å². The van der Waals surface area contributed by atoms with Crippen LogP contribution in [-0.2, 0) is 14.9 Å². The summed E-state index contributed by atoms with van der Waals surface area (Å²) in [7, 11) is -4.55. The van der Waals surface area contributed by atoms with E-state index in [0.29, 0.717) is 6.42 Å². The number of hydrogen-bond donors (Lipinski definition) is 1. The predicted octanol–water partition coefficient (Wildman–Crippen LogP) is 2.22. The molecule has 0 amide bonds. The molecule has 0 aromatic heterocycles. The highest BCUT2D eigenvalue weighted by Crippen LogP contribution is 2.30. The number of ether oxygens (including phenoxy) is 1. The summed E-state index contributed by atoms with van der Waals surface area (Å²) in [6.07, 6.45) is -6.02. The average Bonchev–Trinajstić information content (AvgIpc) is 1.99. The normalized spacial score (nSPS) is 17.1. The van der Waals surface area contributed by atoms with Gasteiger partial charge in [-0.15, -0.1) is 0 Å². The topological polar surface area (TPSA) is 63.6 Å². The molecule has 0 radical (unpaired) electrons. The van der Waals surface area contributed by atoms with E-state index in [1.807, 2.05) is 0 Å². The van der Waals surface area contributed by atoms with Crippen molar-refractivity contribution in [3.8, 4) is 0 Å². The highest BCUT2D eigenvalue weighted by atomic mass is 32.2. The Kier molecular flexibility index (Phi) is 5.71. The molecule has 0 saturated heterocycles. The van der Waals surface area contributed by atoms with Crippen LogP contribution in [0.25, 0.3) is 0 Å². The third-order valence-corrected chi connectivity index (χ3v) is 2.41. The van der Waals surface area contributed by atoms with Gasteiger partial charge in [-0.05, 0) is 12.3 Å². The Morgan fingerprint density at radius 2 is 1.88 bits per heavy atom. The molecular weight excluding hydrogens is 249 g/mol. The van der Waals surface area contributed by atoms with Crippen molar-refractivity contribution in [2.24, 2.45) is 5.92 Å². The van der Waals surface area contributed by atoms with Crippen molar-refractivity contribution < 1.29 is 30.9 Å². The van der Waals surface area contributed by atoms with Crippen LogP contribution >= 0.6 is 0 Å². The molecule has 0 heterocycles. The van der Waals surface area contributed by atoms with Crippen LogP contribution in [0.2, 0.25) is 0 Å². The van der Waals surface area contributed by atoms with E-state index in [4.69, 9.17) is 4.55 Å². The third kappa shape index (κ3) is 6.29. The Hall–Kier alpha value is -0.340. The first kappa shape index (κ1) is 15.7. The Morgan fingerprint density at radius 1 is 1.38 bits per heavy atom. The zero-order valence-corrected chi connectivity index (χ0v) is 9.81. The van der Waals surface area contributed by atoms with Crippen LogP contribution in [0.1, 0.15) is 26.7 Å². The van der Waals surface area contributed by atoms with E-state index >= 15 is 0 Å². The van der Waals surface area contributed by atoms with Crippen LogP contribution < -0.4 is 0 Å². The Balaban J connectivity index is 4.57. The first-order chi connectivity index (χ1) is 7.08. The van der Waals surface area contributed by atoms with E-state index in [-0.39, 0.29) is 6.42 Å². The number of halogens is 3. The summed E-state index contributed by atoms with van der Waals surface area (Å²) >= 11 is 0. The molecule has 0 aromatic carbocycles. The van der Waals surface area contributed by atoms with Gasteiger partial charge < -0.3 is 4.74 Å². The minimum absolute atomic E-state index is 0.260. The molecule has 0 aliphatic carbocycles. The smallest absolute Gasteiger partial charge is 0.350 e. The lowest BCUT2D eigenvalue weighted by molar-refractivity contribution is -0.230. The second-order valence-corrected chi connectivity index (χ2v) is 4.99. The van der Waals surface area contributed by atoms with Crippen molar-refractivity contribution in [1.29, 1.82) is 0 Å². The standard InChI is InChI=1S/C8H15F3O4S/c1-3-4-6(2)7(8(9,10)11)15-5-16(12,13)14/h6-7H,3-5H2,1-2H3,(H,12,13,14). The zero-order chi connectivity index (χ0) is 13.0. The fourth-order valence-corrected chi connectivity index (χ4v) is 1.67. The Labute approximate surface area is 92.5 Å². The largest absolute Gasteiger partial charge is 0.414 e. The molecular formula is C8H15F3O4S. The van der Waals surface area contributed by atoms with Crippen molar-refractivity contribution in [2.45, 2.75) is 39.0 Å². The van der Waals surface area contributed by atoms with Gasteiger partial charge in [-0.25, -0.2) is 0 Å². The molecule has 0 rings (SSSR count). The van der Waals surface area contributed by atoms with Crippen molar-refractivity contribution in [3.05, 3.63) is 0 Å². The number of alkyl halides is 3. The van der Waals surface area contributed by atoms with Crippen LogP contribution in [-0.4, -0.2) is 31.2 Å². The van der Waals surface area contributed by atoms with Crippen molar-refractivity contribution >= 4 is 10.1 Å². The van der Waals surface area contributed by atoms with Gasteiger partial charge >= 0.3 is 6.18 Å². The first-order valence-electron chi connectivity index (χ1n) is 4.71. The van der Waals surface area contributed by atoms with E-state index in [9.17, 15) is 21.6 Å². The molecule has 0 aliphatic rings. The predicted molar refractivity (Wildman–Crippen MR) is 51.4 cm³/mol. The monoisotopic (exact) mass is 264 g/mol. The summed E-state index contributed by atoms with van der Waals surface area (Å²) in [5, 5.41) is 0. The van der Waals surface area contributed by atoms with Crippen LogP contribution in [0.15, 0.2) is 0 Å². The summed E-state index contributed by atoms with van der Waals surface area (Å²) < 4.78 is 70.6. The molecule has 0 aromatic rings. The lowest BCUT2D eigenvalue weighted by Crippen LogP contribution is -2.38. The average molecular weight is 264 g/mol. The molecule has 0 bridgehead atoms. The molecule has 2 atom stereocenters. The number of hydrogen-bond acceptors (Lipinski definition) is 3. The van der Waals surface area contributed by atoms with E-state index in [1.165, 1.54) is 6.92 Å². The van der Waals surface area contributed by atoms with Gasteiger partial charge in [0.15, 0.2) is 12.0 Å². The third-order valence-electron chi connectivity index (χ3n) is 1.98. The maximum absolute atomic E-state index is 12.5. The maximum atomic E-state index is 12.5. The van der Waals surface area contributed by atoms with E-state index < -0.39 is 34.3 Å². The second-order valence-electron chi connectivity index (χ2n) is 3.59. The van der Waals surface area contributed by atoms with Crippen LogP contribution in [0.3, 0.4) is 0 Å². The maximum Gasteiger partial charge on any atom is 0.414 e. The highest BCUT2D eigenvalue weighted by molar-refractivity contribution is 7.85.